The predicted octanol–water partition coefficient (Wildman–Crippen LogP) is 2.09. The van der Waals surface area contributed by atoms with Gasteiger partial charge in [-0.25, -0.2) is 0 Å². The van der Waals surface area contributed by atoms with E-state index in [4.69, 9.17) is 0 Å². The molecule has 2 fully saturated rings. The monoisotopic (exact) mass is 181 g/mol. The van der Waals surface area contributed by atoms with Crippen molar-refractivity contribution < 1.29 is 4.79 Å². The van der Waals surface area contributed by atoms with E-state index in [1.807, 2.05) is 0 Å². The molecule has 2 heteroatoms. The Morgan fingerprint density at radius 2 is 1.77 bits per heavy atom. The molecule has 0 aromatic carbocycles. The number of hydrogen-bond donors (Lipinski definition) is 1. The summed E-state index contributed by atoms with van der Waals surface area (Å²) in [4.78, 5) is 11.3. The molecule has 2 nitrogen and oxygen atoms in total. The lowest BCUT2D eigenvalue weighted by molar-refractivity contribution is -0.122. The van der Waals surface area contributed by atoms with Crippen LogP contribution in [0.3, 0.4) is 0 Å². The largest absolute Gasteiger partial charge is 0.356 e. The second-order valence-electron chi connectivity index (χ2n) is 4.52. The molecule has 2 aliphatic rings. The molecule has 2 rings (SSSR count). The third-order valence-electron chi connectivity index (χ3n) is 3.24. The van der Waals surface area contributed by atoms with Crippen LogP contribution in [0.2, 0.25) is 0 Å². The van der Waals surface area contributed by atoms with Gasteiger partial charge in [-0.15, -0.1) is 0 Å². The van der Waals surface area contributed by atoms with E-state index in [9.17, 15) is 4.79 Å². The minimum Gasteiger partial charge on any atom is -0.356 e. The lowest BCUT2D eigenvalue weighted by Gasteiger charge is -2.21. The highest BCUT2D eigenvalue weighted by atomic mass is 16.2. The fourth-order valence-corrected chi connectivity index (χ4v) is 2.13. The molecule has 0 unspecified atom stereocenters. The summed E-state index contributed by atoms with van der Waals surface area (Å²) >= 11 is 0. The Morgan fingerprint density at radius 3 is 2.38 bits per heavy atom. The lowest BCUT2D eigenvalue weighted by Crippen LogP contribution is -2.31. The summed E-state index contributed by atoms with van der Waals surface area (Å²) in [6.07, 6.45) is 9.02. The van der Waals surface area contributed by atoms with Gasteiger partial charge < -0.3 is 5.32 Å². The molecule has 0 heterocycles. The molecule has 1 N–H and O–H groups in total. The molecule has 0 saturated heterocycles. The van der Waals surface area contributed by atoms with Gasteiger partial charge in [-0.1, -0.05) is 19.3 Å². The molecule has 0 aromatic heterocycles. The number of amides is 1. The molecule has 1 amide bonds. The van der Waals surface area contributed by atoms with Crippen LogP contribution in [0.15, 0.2) is 0 Å². The molecule has 0 aliphatic heterocycles. The van der Waals surface area contributed by atoms with Gasteiger partial charge >= 0.3 is 0 Å². The summed E-state index contributed by atoms with van der Waals surface area (Å²) in [7, 11) is 0. The Balaban J connectivity index is 1.62. The van der Waals surface area contributed by atoms with E-state index in [1.165, 1.54) is 32.1 Å². The summed E-state index contributed by atoms with van der Waals surface area (Å²) in [5, 5.41) is 3.08. The van der Waals surface area contributed by atoms with Crippen LogP contribution >= 0.6 is 0 Å². The van der Waals surface area contributed by atoms with E-state index in [2.05, 4.69) is 5.32 Å². The van der Waals surface area contributed by atoms with Gasteiger partial charge in [0.2, 0.25) is 5.91 Å². The van der Waals surface area contributed by atoms with Crippen molar-refractivity contribution in [2.24, 2.45) is 11.8 Å². The van der Waals surface area contributed by atoms with Gasteiger partial charge in [-0.2, -0.15) is 0 Å². The van der Waals surface area contributed by atoms with E-state index in [0.717, 1.165) is 25.3 Å². The zero-order valence-electron chi connectivity index (χ0n) is 8.22. The minimum atomic E-state index is 0.311. The molecule has 2 saturated carbocycles. The summed E-state index contributed by atoms with van der Waals surface area (Å²) in [6.45, 7) is 0.940. The van der Waals surface area contributed by atoms with Crippen LogP contribution in [0.25, 0.3) is 0 Å². The Kier molecular flexibility index (Phi) is 2.87. The van der Waals surface area contributed by atoms with Crippen LogP contribution in [0.4, 0.5) is 0 Å². The highest BCUT2D eigenvalue weighted by Gasteiger charge is 2.29. The number of hydrogen-bond acceptors (Lipinski definition) is 1. The van der Waals surface area contributed by atoms with Crippen molar-refractivity contribution in [2.45, 2.75) is 44.9 Å². The fourth-order valence-electron chi connectivity index (χ4n) is 2.13. The number of carbonyl (C=O) groups excluding carboxylic acids is 1. The van der Waals surface area contributed by atoms with Crippen molar-refractivity contribution in [2.75, 3.05) is 6.54 Å². The van der Waals surface area contributed by atoms with Crippen molar-refractivity contribution in [1.29, 1.82) is 0 Å². The van der Waals surface area contributed by atoms with E-state index in [0.29, 0.717) is 11.8 Å². The summed E-state index contributed by atoms with van der Waals surface area (Å²) in [5.41, 5.74) is 0. The number of nitrogens with one attached hydrogen (secondary N) is 1. The number of carbonyl (C=O) groups is 1. The topological polar surface area (TPSA) is 29.1 Å². The molecule has 0 spiro atoms. The molecular formula is C11H19NO. The van der Waals surface area contributed by atoms with Crippen molar-refractivity contribution in [1.82, 2.24) is 5.32 Å². The Labute approximate surface area is 80.1 Å². The van der Waals surface area contributed by atoms with E-state index >= 15 is 0 Å². The molecule has 0 radical (unpaired) electrons. The maximum absolute atomic E-state index is 11.3. The van der Waals surface area contributed by atoms with Crippen molar-refractivity contribution in [3.05, 3.63) is 0 Å². The van der Waals surface area contributed by atoms with Crippen LogP contribution in [0, 0.1) is 11.8 Å². The van der Waals surface area contributed by atoms with Crippen LogP contribution in [0.5, 0.6) is 0 Å². The normalized spacial score (nSPS) is 24.3. The van der Waals surface area contributed by atoms with Crippen molar-refractivity contribution in [3.63, 3.8) is 0 Å². The molecule has 0 aromatic rings. The predicted molar refractivity (Wildman–Crippen MR) is 52.3 cm³/mol. The summed E-state index contributed by atoms with van der Waals surface area (Å²) < 4.78 is 0. The first-order valence-electron chi connectivity index (χ1n) is 5.64. The summed E-state index contributed by atoms with van der Waals surface area (Å²) in [5.74, 6) is 1.46. The van der Waals surface area contributed by atoms with Gasteiger partial charge in [0.15, 0.2) is 0 Å². The summed E-state index contributed by atoms with van der Waals surface area (Å²) in [6, 6.07) is 0. The van der Waals surface area contributed by atoms with Crippen LogP contribution in [-0.2, 0) is 4.79 Å². The zero-order valence-corrected chi connectivity index (χ0v) is 8.22. The quantitative estimate of drug-likeness (QED) is 0.709. The second kappa shape index (κ2) is 4.12. The van der Waals surface area contributed by atoms with E-state index < -0.39 is 0 Å². The maximum atomic E-state index is 11.3. The van der Waals surface area contributed by atoms with E-state index in [1.54, 1.807) is 0 Å². The third-order valence-corrected chi connectivity index (χ3v) is 3.24. The van der Waals surface area contributed by atoms with E-state index in [-0.39, 0.29) is 0 Å². The molecule has 2 aliphatic carbocycles. The smallest absolute Gasteiger partial charge is 0.223 e. The second-order valence-corrected chi connectivity index (χ2v) is 4.52. The average molecular weight is 181 g/mol. The Bertz CT molecular complexity index is 181. The van der Waals surface area contributed by atoms with Crippen LogP contribution in [-0.4, -0.2) is 12.5 Å². The third kappa shape index (κ3) is 2.71. The Morgan fingerprint density at radius 1 is 1.08 bits per heavy atom. The number of rotatable bonds is 3. The van der Waals surface area contributed by atoms with Gasteiger partial charge in [0, 0.05) is 12.5 Å². The first-order valence-corrected chi connectivity index (χ1v) is 5.64. The van der Waals surface area contributed by atoms with Gasteiger partial charge in [-0.3, -0.25) is 4.79 Å². The molecule has 13 heavy (non-hydrogen) atoms. The molecule has 0 atom stereocenters. The SMILES string of the molecule is O=C(NCC1CCCCC1)C1CC1. The van der Waals surface area contributed by atoms with Crippen molar-refractivity contribution >= 4 is 5.91 Å². The lowest BCUT2D eigenvalue weighted by atomic mass is 9.89. The zero-order chi connectivity index (χ0) is 9.10. The Hall–Kier alpha value is -0.530. The molecule has 0 bridgehead atoms. The van der Waals surface area contributed by atoms with Gasteiger partial charge in [0.25, 0.3) is 0 Å². The molecule has 74 valence electrons. The van der Waals surface area contributed by atoms with Gasteiger partial charge in [0.1, 0.15) is 0 Å². The van der Waals surface area contributed by atoms with Crippen LogP contribution in [0.1, 0.15) is 44.9 Å². The van der Waals surface area contributed by atoms with Gasteiger partial charge in [-0.05, 0) is 31.6 Å². The van der Waals surface area contributed by atoms with Crippen LogP contribution < -0.4 is 5.32 Å². The average Bonchev–Trinajstić information content (AvgIpc) is 2.99. The highest BCUT2D eigenvalue weighted by Crippen LogP contribution is 2.29. The maximum Gasteiger partial charge on any atom is 0.223 e. The highest BCUT2D eigenvalue weighted by molar-refractivity contribution is 5.80. The molecular weight excluding hydrogens is 162 g/mol. The van der Waals surface area contributed by atoms with Crippen molar-refractivity contribution in [3.8, 4) is 0 Å². The minimum absolute atomic E-state index is 0.311. The standard InChI is InChI=1S/C11H19NO/c13-11(10-6-7-10)12-8-9-4-2-1-3-5-9/h9-10H,1-8H2,(H,12,13). The first-order chi connectivity index (χ1) is 6.36. The first kappa shape index (κ1) is 9.04. The van der Waals surface area contributed by atoms with Gasteiger partial charge in [0.05, 0.1) is 0 Å². The fraction of sp³-hybridized carbons (Fsp3) is 0.909.